The highest BCUT2D eigenvalue weighted by Crippen LogP contribution is 2.11. The van der Waals surface area contributed by atoms with E-state index in [-0.39, 0.29) is 17.0 Å². The molecular weight excluding hydrogens is 348 g/mol. The topological polar surface area (TPSA) is 78.1 Å². The Bertz CT molecular complexity index is 1010. The molecular formula is C19H20N4O2S. The lowest BCUT2D eigenvalue weighted by molar-refractivity contribution is -0.123. The lowest BCUT2D eigenvalue weighted by atomic mass is 10.3. The van der Waals surface area contributed by atoms with Crippen molar-refractivity contribution < 1.29 is 4.79 Å². The Hall–Kier alpha value is -2.85. The molecule has 2 aromatic rings. The third-order valence-electron chi connectivity index (χ3n) is 4.30. The van der Waals surface area contributed by atoms with Gasteiger partial charge in [-0.15, -0.1) is 11.3 Å². The molecule has 6 nitrogen and oxygen atoms in total. The van der Waals surface area contributed by atoms with Gasteiger partial charge in [-0.05, 0) is 31.9 Å². The fraction of sp³-hybridized carbons (Fsp3) is 0.316. The van der Waals surface area contributed by atoms with Gasteiger partial charge in [0.2, 0.25) is 0 Å². The van der Waals surface area contributed by atoms with E-state index < -0.39 is 0 Å². The number of para-hydroxylation sites is 1. The van der Waals surface area contributed by atoms with Crippen LogP contribution in [0.15, 0.2) is 35.1 Å². The van der Waals surface area contributed by atoms with Crippen LogP contribution in [-0.4, -0.2) is 28.5 Å². The van der Waals surface area contributed by atoms with Gasteiger partial charge in [-0.1, -0.05) is 18.2 Å². The zero-order valence-electron chi connectivity index (χ0n) is 14.6. The Morgan fingerprint density at radius 3 is 2.62 bits per heavy atom. The van der Waals surface area contributed by atoms with Gasteiger partial charge in [0, 0.05) is 31.5 Å². The number of nitrogens with zero attached hydrogens (tertiary/aromatic N) is 3. The van der Waals surface area contributed by atoms with Crippen LogP contribution in [0, 0.1) is 11.3 Å². The number of carbonyl (C=O) groups excluding carboxylic acids is 1. The van der Waals surface area contributed by atoms with E-state index in [1.54, 1.807) is 11.1 Å². The van der Waals surface area contributed by atoms with Crippen LogP contribution >= 0.6 is 11.3 Å². The van der Waals surface area contributed by atoms with Crippen molar-refractivity contribution in [1.29, 1.82) is 5.26 Å². The van der Waals surface area contributed by atoms with Crippen LogP contribution in [0.25, 0.3) is 11.8 Å². The van der Waals surface area contributed by atoms with Gasteiger partial charge >= 0.3 is 0 Å². The molecule has 1 N–H and O–H groups in total. The zero-order chi connectivity index (χ0) is 18.5. The highest BCUT2D eigenvalue weighted by Gasteiger charge is 2.23. The van der Waals surface area contributed by atoms with E-state index in [2.05, 4.69) is 5.32 Å². The second kappa shape index (κ2) is 8.02. The Morgan fingerprint density at radius 2 is 2.00 bits per heavy atom. The average Bonchev–Trinajstić information content (AvgIpc) is 3.30. The van der Waals surface area contributed by atoms with E-state index in [1.165, 1.54) is 15.9 Å². The predicted octanol–water partition coefficient (Wildman–Crippen LogP) is 1.08. The summed E-state index contributed by atoms with van der Waals surface area (Å²) in [5.74, 6) is -0.281. The first-order valence-electron chi connectivity index (χ1n) is 8.60. The lowest BCUT2D eigenvalue weighted by Crippen LogP contribution is -2.35. The quantitative estimate of drug-likeness (QED) is 0.876. The van der Waals surface area contributed by atoms with Crippen LogP contribution < -0.4 is 20.1 Å². The molecule has 134 valence electrons. The van der Waals surface area contributed by atoms with Crippen LogP contribution in [0.5, 0.6) is 0 Å². The van der Waals surface area contributed by atoms with Gasteiger partial charge in [0.1, 0.15) is 15.3 Å². The third-order valence-corrected chi connectivity index (χ3v) is 5.43. The van der Waals surface area contributed by atoms with Crippen molar-refractivity contribution in [3.63, 3.8) is 0 Å². The Kier molecular flexibility index (Phi) is 5.54. The molecule has 0 bridgehead atoms. The van der Waals surface area contributed by atoms with Crippen LogP contribution in [0.2, 0.25) is 0 Å². The van der Waals surface area contributed by atoms with Gasteiger partial charge in [-0.2, -0.15) is 5.26 Å². The molecule has 0 radical (unpaired) electrons. The summed E-state index contributed by atoms with van der Waals surface area (Å²) in [5, 5.41) is 12.7. The Balaban J connectivity index is 2.08. The molecule has 1 aromatic carbocycles. The smallest absolute Gasteiger partial charge is 0.270 e. The molecule has 1 aliphatic heterocycles. The molecule has 1 amide bonds. The summed E-state index contributed by atoms with van der Waals surface area (Å²) in [5.41, 5.74) is 0.718. The first kappa shape index (κ1) is 18.0. The SMILES string of the molecule is CCn1c(=O)c(=CNc2ccccc2)s/c1=C(/C#N)C(=O)N1CCCC1. The maximum absolute atomic E-state index is 12.7. The number of aromatic nitrogens is 1. The summed E-state index contributed by atoms with van der Waals surface area (Å²) in [6, 6.07) is 11.5. The van der Waals surface area contributed by atoms with Crippen LogP contribution in [0.3, 0.4) is 0 Å². The summed E-state index contributed by atoms with van der Waals surface area (Å²) in [7, 11) is 0. The van der Waals surface area contributed by atoms with Crippen molar-refractivity contribution in [3.05, 3.63) is 49.9 Å². The van der Waals surface area contributed by atoms with Gasteiger partial charge in [-0.3, -0.25) is 14.2 Å². The molecule has 1 saturated heterocycles. The minimum atomic E-state index is -0.281. The van der Waals surface area contributed by atoms with Crippen LogP contribution in [-0.2, 0) is 11.3 Å². The first-order valence-corrected chi connectivity index (χ1v) is 9.42. The van der Waals surface area contributed by atoms with Crippen molar-refractivity contribution >= 4 is 34.7 Å². The summed E-state index contributed by atoms with van der Waals surface area (Å²) >= 11 is 1.18. The standard InChI is InChI=1S/C19H20N4O2S/c1-2-23-18(25)16(13-21-14-8-4-3-5-9-14)26-19(23)15(12-20)17(24)22-10-6-7-11-22/h3-5,8-9,13,21H,2,6-7,10-11H2,1H3/b16-13?,19-15-. The minimum absolute atomic E-state index is 0.0511. The molecule has 0 atom stereocenters. The van der Waals surface area contributed by atoms with Gasteiger partial charge in [0.15, 0.2) is 5.57 Å². The summed E-state index contributed by atoms with van der Waals surface area (Å²) in [6.07, 6.45) is 3.54. The fourth-order valence-corrected chi connectivity index (χ4v) is 4.02. The Morgan fingerprint density at radius 1 is 1.31 bits per heavy atom. The number of nitriles is 1. The van der Waals surface area contributed by atoms with Crippen molar-refractivity contribution in [2.75, 3.05) is 18.4 Å². The number of anilines is 1. The number of carbonyl (C=O) groups is 1. The predicted molar refractivity (Wildman–Crippen MR) is 103 cm³/mol. The molecule has 0 unspecified atom stereocenters. The highest BCUT2D eigenvalue weighted by atomic mass is 32.1. The number of rotatable bonds is 4. The van der Waals surface area contributed by atoms with Gasteiger partial charge in [-0.25, -0.2) is 0 Å². The minimum Gasteiger partial charge on any atom is -0.360 e. The number of nitrogens with one attached hydrogen (secondary N) is 1. The molecule has 7 heteroatoms. The van der Waals surface area contributed by atoms with E-state index in [0.717, 1.165) is 18.5 Å². The van der Waals surface area contributed by atoms with Crippen LogP contribution in [0.1, 0.15) is 19.8 Å². The van der Waals surface area contributed by atoms with E-state index in [1.807, 2.05) is 43.3 Å². The van der Waals surface area contributed by atoms with E-state index in [9.17, 15) is 14.9 Å². The summed E-state index contributed by atoms with van der Waals surface area (Å²) in [6.45, 7) is 3.57. The van der Waals surface area contributed by atoms with Gasteiger partial charge < -0.3 is 10.2 Å². The first-order chi connectivity index (χ1) is 12.7. The number of hydrogen-bond acceptors (Lipinski definition) is 5. The van der Waals surface area contributed by atoms with Crippen molar-refractivity contribution in [2.24, 2.45) is 0 Å². The summed E-state index contributed by atoms with van der Waals surface area (Å²) < 4.78 is 2.39. The number of thiazole rings is 1. The fourth-order valence-electron chi connectivity index (χ4n) is 2.94. The van der Waals surface area contributed by atoms with Crippen molar-refractivity contribution in [2.45, 2.75) is 26.3 Å². The number of amides is 1. The Labute approximate surface area is 155 Å². The maximum atomic E-state index is 12.7. The molecule has 3 rings (SSSR count). The molecule has 1 fully saturated rings. The van der Waals surface area contributed by atoms with Crippen LogP contribution in [0.4, 0.5) is 5.69 Å². The third kappa shape index (κ3) is 3.55. The number of hydrogen-bond donors (Lipinski definition) is 1. The molecule has 0 spiro atoms. The highest BCUT2D eigenvalue weighted by molar-refractivity contribution is 7.07. The molecule has 2 heterocycles. The number of likely N-dealkylation sites (tertiary alicyclic amines) is 1. The second-order valence-corrected chi connectivity index (χ2v) is 6.99. The molecule has 0 aliphatic carbocycles. The lowest BCUT2D eigenvalue weighted by Gasteiger charge is -2.13. The van der Waals surface area contributed by atoms with Gasteiger partial charge in [0.05, 0.1) is 0 Å². The van der Waals surface area contributed by atoms with Crippen molar-refractivity contribution in [1.82, 2.24) is 9.47 Å². The van der Waals surface area contributed by atoms with E-state index in [4.69, 9.17) is 0 Å². The second-order valence-electron chi connectivity index (χ2n) is 5.96. The normalized spacial score (nSPS) is 15.7. The van der Waals surface area contributed by atoms with Crippen molar-refractivity contribution in [3.8, 4) is 6.07 Å². The van der Waals surface area contributed by atoms with E-state index in [0.29, 0.717) is 28.8 Å². The maximum Gasteiger partial charge on any atom is 0.270 e. The molecule has 0 saturated carbocycles. The number of benzene rings is 1. The molecule has 26 heavy (non-hydrogen) atoms. The van der Waals surface area contributed by atoms with Gasteiger partial charge in [0.25, 0.3) is 11.5 Å². The molecule has 1 aromatic heterocycles. The summed E-state index contributed by atoms with van der Waals surface area (Å²) in [4.78, 5) is 27.0. The monoisotopic (exact) mass is 368 g/mol. The zero-order valence-corrected chi connectivity index (χ0v) is 15.4. The molecule has 1 aliphatic rings. The van der Waals surface area contributed by atoms with E-state index >= 15 is 0 Å². The average molecular weight is 368 g/mol. The largest absolute Gasteiger partial charge is 0.360 e.